The van der Waals surface area contributed by atoms with E-state index in [9.17, 15) is 0 Å². The molecular formula is C10H13N. The van der Waals surface area contributed by atoms with Crippen LogP contribution in [0.25, 0.3) is 0 Å². The Morgan fingerprint density at radius 1 is 1.45 bits per heavy atom. The van der Waals surface area contributed by atoms with Gasteiger partial charge in [-0.05, 0) is 12.6 Å². The zero-order valence-corrected chi connectivity index (χ0v) is 6.75. The topological polar surface area (TPSA) is 12.0 Å². The lowest BCUT2D eigenvalue weighted by Crippen LogP contribution is -2.25. The van der Waals surface area contributed by atoms with Gasteiger partial charge in [0.25, 0.3) is 0 Å². The Balaban J connectivity index is 2.18. The van der Waals surface area contributed by atoms with Crippen LogP contribution in [-0.2, 0) is 0 Å². The highest BCUT2D eigenvalue weighted by atomic mass is 14.9. The predicted molar refractivity (Wildman–Crippen MR) is 47.1 cm³/mol. The molecule has 1 heteroatoms. The molecule has 2 aliphatic rings. The lowest BCUT2D eigenvalue weighted by Gasteiger charge is -2.18. The average Bonchev–Trinajstić information content (AvgIpc) is 2.50. The van der Waals surface area contributed by atoms with E-state index in [0.717, 1.165) is 6.42 Å². The Morgan fingerprint density at radius 3 is 3.18 bits per heavy atom. The van der Waals surface area contributed by atoms with Gasteiger partial charge in [-0.25, -0.2) is 0 Å². The second-order valence-electron chi connectivity index (χ2n) is 3.08. The van der Waals surface area contributed by atoms with Crippen molar-refractivity contribution in [2.24, 2.45) is 5.92 Å². The number of allylic oxidation sites excluding steroid dienone is 2. The van der Waals surface area contributed by atoms with Crippen LogP contribution in [0.15, 0.2) is 36.1 Å². The molecule has 2 atom stereocenters. The zero-order valence-electron chi connectivity index (χ0n) is 6.75. The van der Waals surface area contributed by atoms with Crippen LogP contribution in [0.3, 0.4) is 0 Å². The van der Waals surface area contributed by atoms with Crippen LogP contribution in [0.2, 0.25) is 0 Å². The molecule has 1 aliphatic heterocycles. The van der Waals surface area contributed by atoms with E-state index < -0.39 is 0 Å². The van der Waals surface area contributed by atoms with Gasteiger partial charge in [0.2, 0.25) is 0 Å². The van der Waals surface area contributed by atoms with Crippen LogP contribution in [0.1, 0.15) is 13.3 Å². The summed E-state index contributed by atoms with van der Waals surface area (Å²) in [6, 6.07) is 0.537. The molecule has 0 bridgehead atoms. The van der Waals surface area contributed by atoms with Gasteiger partial charge in [0.05, 0.1) is 6.04 Å². The minimum Gasteiger partial charge on any atom is -0.384 e. The summed E-state index contributed by atoms with van der Waals surface area (Å²) >= 11 is 0. The highest BCUT2D eigenvalue weighted by Gasteiger charge is 2.20. The first kappa shape index (κ1) is 6.71. The van der Waals surface area contributed by atoms with Crippen LogP contribution in [-0.4, -0.2) is 6.04 Å². The number of rotatable bonds is 1. The Hall–Kier alpha value is -0.980. The summed E-state index contributed by atoms with van der Waals surface area (Å²) in [5, 5.41) is 3.31. The molecule has 0 spiro atoms. The third-order valence-electron chi connectivity index (χ3n) is 2.36. The second kappa shape index (κ2) is 2.57. The summed E-state index contributed by atoms with van der Waals surface area (Å²) in [5.74, 6) is 0.602. The molecule has 0 amide bonds. The minimum atomic E-state index is 0.537. The third kappa shape index (κ3) is 1.11. The largest absolute Gasteiger partial charge is 0.384 e. The summed E-state index contributed by atoms with van der Waals surface area (Å²) in [7, 11) is 0. The Labute approximate surface area is 67.5 Å². The molecule has 1 aliphatic carbocycles. The van der Waals surface area contributed by atoms with E-state index in [4.69, 9.17) is 0 Å². The molecule has 2 unspecified atom stereocenters. The van der Waals surface area contributed by atoms with E-state index in [1.54, 1.807) is 0 Å². The van der Waals surface area contributed by atoms with Crippen molar-refractivity contribution in [1.29, 1.82) is 0 Å². The summed E-state index contributed by atoms with van der Waals surface area (Å²) in [5.41, 5.74) is 1.45. The van der Waals surface area contributed by atoms with Gasteiger partial charge in [-0.3, -0.25) is 0 Å². The Kier molecular flexibility index (Phi) is 1.57. The fraction of sp³-hybridized carbons (Fsp3) is 0.400. The van der Waals surface area contributed by atoms with Gasteiger partial charge in [0.1, 0.15) is 0 Å². The monoisotopic (exact) mass is 147 g/mol. The van der Waals surface area contributed by atoms with Crippen molar-refractivity contribution in [3.8, 4) is 0 Å². The van der Waals surface area contributed by atoms with Crippen molar-refractivity contribution >= 4 is 0 Å². The van der Waals surface area contributed by atoms with E-state index in [2.05, 4.69) is 42.7 Å². The summed E-state index contributed by atoms with van der Waals surface area (Å²) < 4.78 is 0. The van der Waals surface area contributed by atoms with Crippen molar-refractivity contribution in [2.75, 3.05) is 0 Å². The Bertz CT molecular complexity index is 235. The molecule has 11 heavy (non-hydrogen) atoms. The lowest BCUT2D eigenvalue weighted by atomic mass is 9.93. The SMILES string of the molecule is CCC1=CC2NC=CC2C=C1. The van der Waals surface area contributed by atoms with Gasteiger partial charge >= 0.3 is 0 Å². The molecule has 2 rings (SSSR count). The maximum atomic E-state index is 3.31. The summed E-state index contributed by atoms with van der Waals surface area (Å²) in [6.07, 6.45) is 12.2. The maximum Gasteiger partial charge on any atom is 0.0542 e. The quantitative estimate of drug-likeness (QED) is 0.598. The first-order valence-electron chi connectivity index (χ1n) is 4.22. The third-order valence-corrected chi connectivity index (χ3v) is 2.36. The van der Waals surface area contributed by atoms with Crippen molar-refractivity contribution in [1.82, 2.24) is 5.32 Å². The summed E-state index contributed by atoms with van der Waals surface area (Å²) in [6.45, 7) is 2.19. The molecule has 0 saturated heterocycles. The number of fused-ring (bicyclic) bond motifs is 1. The van der Waals surface area contributed by atoms with Gasteiger partial charge in [-0.2, -0.15) is 0 Å². The highest BCUT2D eigenvalue weighted by Crippen LogP contribution is 2.22. The van der Waals surface area contributed by atoms with Gasteiger partial charge in [0.15, 0.2) is 0 Å². The predicted octanol–water partition coefficient (Wildman–Crippen LogP) is 1.99. The summed E-state index contributed by atoms with van der Waals surface area (Å²) in [4.78, 5) is 0. The van der Waals surface area contributed by atoms with Crippen LogP contribution in [0.4, 0.5) is 0 Å². The molecule has 58 valence electrons. The first-order valence-corrected chi connectivity index (χ1v) is 4.22. The van der Waals surface area contributed by atoms with Crippen LogP contribution in [0, 0.1) is 5.92 Å². The normalized spacial score (nSPS) is 33.0. The van der Waals surface area contributed by atoms with Crippen molar-refractivity contribution in [2.45, 2.75) is 19.4 Å². The second-order valence-corrected chi connectivity index (χ2v) is 3.08. The van der Waals surface area contributed by atoms with E-state index in [1.165, 1.54) is 5.57 Å². The zero-order chi connectivity index (χ0) is 7.68. The molecule has 0 aromatic heterocycles. The molecular weight excluding hydrogens is 134 g/mol. The molecule has 0 fully saturated rings. The van der Waals surface area contributed by atoms with Crippen LogP contribution < -0.4 is 5.32 Å². The average molecular weight is 147 g/mol. The molecule has 1 N–H and O–H groups in total. The molecule has 0 radical (unpaired) electrons. The molecule has 0 aromatic carbocycles. The van der Waals surface area contributed by atoms with E-state index in [1.807, 2.05) is 0 Å². The van der Waals surface area contributed by atoms with Crippen molar-refractivity contribution in [3.05, 3.63) is 36.1 Å². The molecule has 0 aromatic rings. The molecule has 1 heterocycles. The molecule has 1 nitrogen and oxygen atoms in total. The van der Waals surface area contributed by atoms with Crippen molar-refractivity contribution < 1.29 is 0 Å². The highest BCUT2D eigenvalue weighted by molar-refractivity contribution is 5.32. The fourth-order valence-electron chi connectivity index (χ4n) is 1.61. The fourth-order valence-corrected chi connectivity index (χ4v) is 1.61. The van der Waals surface area contributed by atoms with E-state index in [-0.39, 0.29) is 0 Å². The maximum absolute atomic E-state index is 3.31. The first-order chi connectivity index (χ1) is 5.40. The van der Waals surface area contributed by atoms with E-state index in [0.29, 0.717) is 12.0 Å². The minimum absolute atomic E-state index is 0.537. The van der Waals surface area contributed by atoms with Gasteiger partial charge in [0, 0.05) is 5.92 Å². The van der Waals surface area contributed by atoms with Crippen LogP contribution >= 0.6 is 0 Å². The van der Waals surface area contributed by atoms with Gasteiger partial charge < -0.3 is 5.32 Å². The van der Waals surface area contributed by atoms with Crippen molar-refractivity contribution in [3.63, 3.8) is 0 Å². The molecule has 0 saturated carbocycles. The lowest BCUT2D eigenvalue weighted by molar-refractivity contribution is 0.642. The standard InChI is InChI=1S/C10H13N/c1-2-8-3-4-9-5-6-11-10(9)7-8/h3-7,9-11H,2H2,1H3. The smallest absolute Gasteiger partial charge is 0.0542 e. The Morgan fingerprint density at radius 2 is 2.36 bits per heavy atom. The number of hydrogen-bond acceptors (Lipinski definition) is 1. The number of nitrogens with one attached hydrogen (secondary N) is 1. The van der Waals surface area contributed by atoms with Gasteiger partial charge in [-0.15, -0.1) is 0 Å². The van der Waals surface area contributed by atoms with E-state index >= 15 is 0 Å². The number of hydrogen-bond donors (Lipinski definition) is 1. The van der Waals surface area contributed by atoms with Crippen LogP contribution in [0.5, 0.6) is 0 Å². The van der Waals surface area contributed by atoms with Gasteiger partial charge in [-0.1, -0.05) is 36.8 Å².